The molecule has 0 aliphatic carbocycles. The number of anilines is 1. The average Bonchev–Trinajstić information content (AvgIpc) is 2.62. The lowest BCUT2D eigenvalue weighted by Gasteiger charge is -2.06. The summed E-state index contributed by atoms with van der Waals surface area (Å²) in [5, 5.41) is 7.60. The Balaban J connectivity index is 2.59. The molecule has 0 atom stereocenters. The fourth-order valence-corrected chi connectivity index (χ4v) is 1.20. The third kappa shape index (κ3) is 1.26. The van der Waals surface area contributed by atoms with Crippen molar-refractivity contribution in [3.8, 4) is 5.69 Å². The Labute approximate surface area is 76.0 Å². The molecule has 66 valence electrons. The average molecular weight is 174 g/mol. The van der Waals surface area contributed by atoms with E-state index in [4.69, 9.17) is 5.73 Å². The number of para-hydroxylation sites is 1. The van der Waals surface area contributed by atoms with Gasteiger partial charge in [0.25, 0.3) is 0 Å². The van der Waals surface area contributed by atoms with Crippen molar-refractivity contribution < 1.29 is 0 Å². The van der Waals surface area contributed by atoms with E-state index in [-0.39, 0.29) is 0 Å². The van der Waals surface area contributed by atoms with E-state index < -0.39 is 0 Å². The summed E-state index contributed by atoms with van der Waals surface area (Å²) in [4.78, 5) is 0. The first-order valence-corrected chi connectivity index (χ1v) is 4.01. The van der Waals surface area contributed by atoms with Crippen LogP contribution < -0.4 is 5.73 Å². The number of nitrogens with two attached hydrogens (primary N) is 1. The molecule has 0 saturated heterocycles. The molecule has 1 aromatic heterocycles. The second kappa shape index (κ2) is 2.90. The topological polar surface area (TPSA) is 56.7 Å². The summed E-state index contributed by atoms with van der Waals surface area (Å²) >= 11 is 0. The molecule has 0 aliphatic rings. The number of rotatable bonds is 1. The van der Waals surface area contributed by atoms with E-state index >= 15 is 0 Å². The number of aryl methyl sites for hydroxylation is 1. The highest BCUT2D eigenvalue weighted by atomic mass is 15.4. The van der Waals surface area contributed by atoms with Crippen molar-refractivity contribution in [2.24, 2.45) is 0 Å². The van der Waals surface area contributed by atoms with E-state index in [1.807, 2.05) is 25.1 Å². The number of aromatic nitrogens is 3. The van der Waals surface area contributed by atoms with Crippen molar-refractivity contribution in [1.29, 1.82) is 0 Å². The molecule has 4 heteroatoms. The highest BCUT2D eigenvalue weighted by Gasteiger charge is 2.03. The zero-order chi connectivity index (χ0) is 9.26. The molecular weight excluding hydrogens is 164 g/mol. The second-order valence-electron chi connectivity index (χ2n) is 2.86. The first-order chi connectivity index (χ1) is 6.29. The zero-order valence-corrected chi connectivity index (χ0v) is 7.31. The van der Waals surface area contributed by atoms with Crippen LogP contribution in [0.1, 0.15) is 5.56 Å². The van der Waals surface area contributed by atoms with Crippen LogP contribution in [0.2, 0.25) is 0 Å². The number of nitrogen functional groups attached to an aromatic ring is 1. The first kappa shape index (κ1) is 7.79. The molecule has 0 amide bonds. The van der Waals surface area contributed by atoms with Gasteiger partial charge in [0.1, 0.15) is 0 Å². The second-order valence-corrected chi connectivity index (χ2v) is 2.86. The molecule has 2 rings (SSSR count). The van der Waals surface area contributed by atoms with E-state index in [9.17, 15) is 0 Å². The Kier molecular flexibility index (Phi) is 1.73. The van der Waals surface area contributed by atoms with Crippen LogP contribution in [-0.4, -0.2) is 15.0 Å². The van der Waals surface area contributed by atoms with Crippen LogP contribution in [0.5, 0.6) is 0 Å². The lowest BCUT2D eigenvalue weighted by Crippen LogP contribution is -2.01. The lowest BCUT2D eigenvalue weighted by molar-refractivity contribution is 0.804. The maximum atomic E-state index is 5.89. The van der Waals surface area contributed by atoms with Crippen molar-refractivity contribution in [3.05, 3.63) is 36.2 Å². The molecular formula is C9H10N4. The Bertz CT molecular complexity index is 406. The van der Waals surface area contributed by atoms with Gasteiger partial charge >= 0.3 is 0 Å². The summed E-state index contributed by atoms with van der Waals surface area (Å²) in [7, 11) is 0. The summed E-state index contributed by atoms with van der Waals surface area (Å²) in [6.07, 6.45) is 3.40. The summed E-state index contributed by atoms with van der Waals surface area (Å²) in [6.45, 7) is 1.97. The molecule has 0 saturated carbocycles. The lowest BCUT2D eigenvalue weighted by atomic mass is 10.2. The monoisotopic (exact) mass is 174 g/mol. The first-order valence-electron chi connectivity index (χ1n) is 4.01. The van der Waals surface area contributed by atoms with Crippen LogP contribution in [0.4, 0.5) is 5.69 Å². The van der Waals surface area contributed by atoms with Gasteiger partial charge in [-0.25, -0.2) is 4.68 Å². The molecule has 4 nitrogen and oxygen atoms in total. The number of hydrogen-bond acceptors (Lipinski definition) is 3. The van der Waals surface area contributed by atoms with Crippen molar-refractivity contribution in [2.75, 3.05) is 5.73 Å². The van der Waals surface area contributed by atoms with Gasteiger partial charge in [-0.2, -0.15) is 0 Å². The van der Waals surface area contributed by atoms with Crippen LogP contribution in [0.25, 0.3) is 5.69 Å². The minimum Gasteiger partial charge on any atom is -0.397 e. The third-order valence-electron chi connectivity index (χ3n) is 1.97. The minimum atomic E-state index is 0.744. The van der Waals surface area contributed by atoms with Gasteiger partial charge < -0.3 is 5.73 Å². The van der Waals surface area contributed by atoms with Crippen LogP contribution in [0, 0.1) is 6.92 Å². The van der Waals surface area contributed by atoms with Gasteiger partial charge in [0.2, 0.25) is 0 Å². The molecule has 13 heavy (non-hydrogen) atoms. The molecule has 0 aliphatic heterocycles. The summed E-state index contributed by atoms with van der Waals surface area (Å²) in [5.74, 6) is 0. The van der Waals surface area contributed by atoms with Gasteiger partial charge in [-0.15, -0.1) is 5.10 Å². The molecule has 0 fully saturated rings. The minimum absolute atomic E-state index is 0.744. The molecule has 0 unspecified atom stereocenters. The van der Waals surface area contributed by atoms with Gasteiger partial charge in [-0.1, -0.05) is 17.3 Å². The van der Waals surface area contributed by atoms with Crippen LogP contribution in [-0.2, 0) is 0 Å². The van der Waals surface area contributed by atoms with Crippen LogP contribution in [0.15, 0.2) is 30.6 Å². The highest BCUT2D eigenvalue weighted by molar-refractivity contribution is 5.61. The Morgan fingerprint density at radius 2 is 2.23 bits per heavy atom. The van der Waals surface area contributed by atoms with Crippen molar-refractivity contribution >= 4 is 5.69 Å². The van der Waals surface area contributed by atoms with Gasteiger partial charge in [-0.05, 0) is 18.6 Å². The Hall–Kier alpha value is -1.84. The standard InChI is InChI=1S/C9H10N4/c1-7-3-2-4-8(9(7)10)13-6-5-11-12-13/h2-6H,10H2,1H3. The van der Waals surface area contributed by atoms with Crippen molar-refractivity contribution in [3.63, 3.8) is 0 Å². The molecule has 1 heterocycles. The number of hydrogen-bond donors (Lipinski definition) is 1. The molecule has 0 radical (unpaired) electrons. The van der Waals surface area contributed by atoms with Gasteiger partial charge in [0, 0.05) is 0 Å². The van der Waals surface area contributed by atoms with Gasteiger partial charge in [-0.3, -0.25) is 0 Å². The predicted octanol–water partition coefficient (Wildman–Crippen LogP) is 1.16. The van der Waals surface area contributed by atoms with E-state index in [0.29, 0.717) is 0 Å². The van der Waals surface area contributed by atoms with E-state index in [1.165, 1.54) is 0 Å². The van der Waals surface area contributed by atoms with Crippen molar-refractivity contribution in [2.45, 2.75) is 6.92 Å². The molecule has 0 spiro atoms. The fourth-order valence-electron chi connectivity index (χ4n) is 1.20. The van der Waals surface area contributed by atoms with Gasteiger partial charge in [0.05, 0.1) is 23.8 Å². The van der Waals surface area contributed by atoms with Crippen LogP contribution in [0.3, 0.4) is 0 Å². The fraction of sp³-hybridized carbons (Fsp3) is 0.111. The largest absolute Gasteiger partial charge is 0.397 e. The zero-order valence-electron chi connectivity index (χ0n) is 7.31. The van der Waals surface area contributed by atoms with Crippen LogP contribution >= 0.6 is 0 Å². The number of benzene rings is 1. The Morgan fingerprint density at radius 1 is 1.38 bits per heavy atom. The maximum Gasteiger partial charge on any atom is 0.0895 e. The molecule has 2 N–H and O–H groups in total. The molecule has 2 aromatic rings. The van der Waals surface area contributed by atoms with E-state index in [1.54, 1.807) is 17.1 Å². The molecule has 1 aromatic carbocycles. The van der Waals surface area contributed by atoms with E-state index in [2.05, 4.69) is 10.3 Å². The predicted molar refractivity (Wildman–Crippen MR) is 50.5 cm³/mol. The molecule has 0 bridgehead atoms. The maximum absolute atomic E-state index is 5.89. The summed E-state index contributed by atoms with van der Waals surface area (Å²) in [5.41, 5.74) is 8.55. The van der Waals surface area contributed by atoms with E-state index in [0.717, 1.165) is 16.9 Å². The summed E-state index contributed by atoms with van der Waals surface area (Å²) < 4.78 is 1.66. The number of nitrogens with zero attached hydrogens (tertiary/aromatic N) is 3. The highest BCUT2D eigenvalue weighted by Crippen LogP contribution is 2.19. The normalized spacial score (nSPS) is 10.2. The quantitative estimate of drug-likeness (QED) is 0.660. The van der Waals surface area contributed by atoms with Crippen molar-refractivity contribution in [1.82, 2.24) is 15.0 Å². The Morgan fingerprint density at radius 3 is 2.92 bits per heavy atom. The van der Waals surface area contributed by atoms with Gasteiger partial charge in [0.15, 0.2) is 0 Å². The third-order valence-corrected chi connectivity index (χ3v) is 1.97. The SMILES string of the molecule is Cc1cccc(-n2ccnn2)c1N. The smallest absolute Gasteiger partial charge is 0.0895 e. The summed E-state index contributed by atoms with van der Waals surface area (Å²) in [6, 6.07) is 5.83.